The Balaban J connectivity index is 1.54. The Morgan fingerprint density at radius 3 is 2.61 bits per heavy atom. The number of carbonyl (C=O) groups excluding carboxylic acids is 2. The molecule has 1 saturated heterocycles. The SMILES string of the molecule is CCC(C)N(CC(=O)N(Cc1ccco1)CC1CCCO1)C(=O)c1ccc2ccccc2c1. The number of furan rings is 1. The summed E-state index contributed by atoms with van der Waals surface area (Å²) in [6, 6.07) is 17.3. The van der Waals surface area contributed by atoms with Crippen LogP contribution in [0.4, 0.5) is 0 Å². The molecule has 0 saturated carbocycles. The molecule has 174 valence electrons. The fourth-order valence-corrected chi connectivity index (χ4v) is 4.26. The van der Waals surface area contributed by atoms with E-state index in [0.29, 0.717) is 18.7 Å². The summed E-state index contributed by atoms with van der Waals surface area (Å²) in [7, 11) is 0. The molecule has 0 radical (unpaired) electrons. The monoisotopic (exact) mass is 448 g/mol. The Morgan fingerprint density at radius 2 is 1.91 bits per heavy atom. The van der Waals surface area contributed by atoms with Gasteiger partial charge in [-0.15, -0.1) is 0 Å². The predicted molar refractivity (Wildman–Crippen MR) is 128 cm³/mol. The molecule has 1 fully saturated rings. The summed E-state index contributed by atoms with van der Waals surface area (Å²) in [6.07, 6.45) is 4.34. The number of hydrogen-bond donors (Lipinski definition) is 0. The second-order valence-corrected chi connectivity index (χ2v) is 8.74. The van der Waals surface area contributed by atoms with E-state index in [2.05, 4.69) is 0 Å². The summed E-state index contributed by atoms with van der Waals surface area (Å²) in [5.74, 6) is 0.493. The number of fused-ring (bicyclic) bond motifs is 1. The van der Waals surface area contributed by atoms with Crippen molar-refractivity contribution >= 4 is 22.6 Å². The first-order chi connectivity index (χ1) is 16.0. The van der Waals surface area contributed by atoms with Crippen molar-refractivity contribution in [2.24, 2.45) is 0 Å². The highest BCUT2D eigenvalue weighted by atomic mass is 16.5. The van der Waals surface area contributed by atoms with Crippen LogP contribution in [0.2, 0.25) is 0 Å². The summed E-state index contributed by atoms with van der Waals surface area (Å²) in [4.78, 5) is 30.4. The van der Waals surface area contributed by atoms with E-state index in [1.54, 1.807) is 16.1 Å². The highest BCUT2D eigenvalue weighted by Crippen LogP contribution is 2.20. The molecule has 2 heterocycles. The molecule has 0 N–H and O–H groups in total. The fraction of sp³-hybridized carbons (Fsp3) is 0.407. The normalized spacial score (nSPS) is 16.6. The van der Waals surface area contributed by atoms with E-state index in [9.17, 15) is 9.59 Å². The predicted octanol–water partition coefficient (Wildman–Crippen LogP) is 4.88. The van der Waals surface area contributed by atoms with Gasteiger partial charge in [-0.3, -0.25) is 9.59 Å². The number of nitrogens with zero attached hydrogens (tertiary/aromatic N) is 2. The number of carbonyl (C=O) groups is 2. The molecule has 6 nitrogen and oxygen atoms in total. The van der Waals surface area contributed by atoms with Crippen LogP contribution in [0, 0.1) is 0 Å². The van der Waals surface area contributed by atoms with Gasteiger partial charge in [0.05, 0.1) is 18.9 Å². The number of hydrogen-bond acceptors (Lipinski definition) is 4. The first-order valence-corrected chi connectivity index (χ1v) is 11.8. The standard InChI is InChI=1S/C27H32N2O4/c1-3-20(2)29(27(31)23-13-12-21-8-4-5-9-22(21)16-23)19-26(30)28(17-24-10-6-14-32-24)18-25-11-7-15-33-25/h4-6,8-10,12-14,16,20,25H,3,7,11,15,17-19H2,1-2H3. The van der Waals surface area contributed by atoms with Crippen molar-refractivity contribution in [3.63, 3.8) is 0 Å². The van der Waals surface area contributed by atoms with E-state index in [4.69, 9.17) is 9.15 Å². The largest absolute Gasteiger partial charge is 0.467 e. The minimum Gasteiger partial charge on any atom is -0.467 e. The minimum absolute atomic E-state index is 0.0219. The Hall–Kier alpha value is -3.12. The molecule has 4 rings (SSSR count). The molecular weight excluding hydrogens is 416 g/mol. The maximum absolute atomic E-state index is 13.5. The zero-order valence-corrected chi connectivity index (χ0v) is 19.4. The summed E-state index contributed by atoms with van der Waals surface area (Å²) in [5.41, 5.74) is 0.596. The lowest BCUT2D eigenvalue weighted by molar-refractivity contribution is -0.134. The average molecular weight is 449 g/mol. The van der Waals surface area contributed by atoms with Gasteiger partial charge in [0.15, 0.2) is 0 Å². The van der Waals surface area contributed by atoms with Gasteiger partial charge in [-0.2, -0.15) is 0 Å². The van der Waals surface area contributed by atoms with Crippen molar-refractivity contribution in [1.82, 2.24) is 9.80 Å². The van der Waals surface area contributed by atoms with Crippen LogP contribution in [0.3, 0.4) is 0 Å². The highest BCUT2D eigenvalue weighted by molar-refractivity contribution is 6.00. The molecule has 3 aromatic rings. The van der Waals surface area contributed by atoms with Crippen LogP contribution in [-0.4, -0.2) is 53.5 Å². The smallest absolute Gasteiger partial charge is 0.254 e. The van der Waals surface area contributed by atoms with Gasteiger partial charge in [-0.25, -0.2) is 0 Å². The zero-order valence-electron chi connectivity index (χ0n) is 19.4. The van der Waals surface area contributed by atoms with E-state index >= 15 is 0 Å². The maximum atomic E-state index is 13.5. The molecule has 2 unspecified atom stereocenters. The molecular formula is C27H32N2O4. The first-order valence-electron chi connectivity index (χ1n) is 11.8. The van der Waals surface area contributed by atoms with Crippen LogP contribution in [-0.2, 0) is 16.1 Å². The van der Waals surface area contributed by atoms with E-state index < -0.39 is 0 Å². The average Bonchev–Trinajstić information content (AvgIpc) is 3.55. The van der Waals surface area contributed by atoms with Crippen molar-refractivity contribution in [3.8, 4) is 0 Å². The van der Waals surface area contributed by atoms with Gasteiger partial charge in [0, 0.05) is 24.8 Å². The van der Waals surface area contributed by atoms with Crippen molar-refractivity contribution in [3.05, 3.63) is 72.2 Å². The molecule has 1 aliphatic heterocycles. The Morgan fingerprint density at radius 1 is 1.09 bits per heavy atom. The summed E-state index contributed by atoms with van der Waals surface area (Å²) in [5, 5.41) is 2.10. The minimum atomic E-state index is -0.126. The van der Waals surface area contributed by atoms with Crippen LogP contribution in [0.1, 0.15) is 49.2 Å². The van der Waals surface area contributed by atoms with Crippen LogP contribution in [0.15, 0.2) is 65.3 Å². The third-order valence-corrected chi connectivity index (χ3v) is 6.41. The van der Waals surface area contributed by atoms with Gasteiger partial charge in [-0.05, 0) is 61.2 Å². The van der Waals surface area contributed by atoms with Crippen molar-refractivity contribution in [1.29, 1.82) is 0 Å². The number of benzene rings is 2. The number of amides is 2. The summed E-state index contributed by atoms with van der Waals surface area (Å²) >= 11 is 0. The third-order valence-electron chi connectivity index (χ3n) is 6.41. The molecule has 0 aliphatic carbocycles. The summed E-state index contributed by atoms with van der Waals surface area (Å²) < 4.78 is 11.3. The highest BCUT2D eigenvalue weighted by Gasteiger charge is 2.28. The van der Waals surface area contributed by atoms with Crippen LogP contribution in [0.5, 0.6) is 0 Å². The molecule has 1 aliphatic rings. The van der Waals surface area contributed by atoms with E-state index in [1.165, 1.54) is 0 Å². The molecule has 1 aromatic heterocycles. The van der Waals surface area contributed by atoms with Gasteiger partial charge in [-0.1, -0.05) is 37.3 Å². The number of rotatable bonds is 9. The van der Waals surface area contributed by atoms with Crippen LogP contribution < -0.4 is 0 Å². The first kappa shape index (κ1) is 23.1. The quantitative estimate of drug-likeness (QED) is 0.468. The van der Waals surface area contributed by atoms with Gasteiger partial charge < -0.3 is 19.0 Å². The lowest BCUT2D eigenvalue weighted by atomic mass is 10.1. The third kappa shape index (κ3) is 5.63. The molecule has 2 atom stereocenters. The van der Waals surface area contributed by atoms with Crippen molar-refractivity contribution in [2.75, 3.05) is 19.7 Å². The molecule has 6 heteroatoms. The second kappa shape index (κ2) is 10.7. The van der Waals surface area contributed by atoms with E-state index in [1.807, 2.05) is 68.4 Å². The van der Waals surface area contributed by atoms with Crippen molar-refractivity contribution < 1.29 is 18.7 Å². The lowest BCUT2D eigenvalue weighted by Gasteiger charge is -2.32. The van der Waals surface area contributed by atoms with E-state index in [-0.39, 0.29) is 30.5 Å². The Bertz CT molecular complexity index is 1070. The maximum Gasteiger partial charge on any atom is 0.254 e. The van der Waals surface area contributed by atoms with Gasteiger partial charge >= 0.3 is 0 Å². The lowest BCUT2D eigenvalue weighted by Crippen LogP contribution is -2.47. The Kier molecular flexibility index (Phi) is 7.45. The van der Waals surface area contributed by atoms with Gasteiger partial charge in [0.1, 0.15) is 12.3 Å². The van der Waals surface area contributed by atoms with Crippen LogP contribution in [0.25, 0.3) is 10.8 Å². The van der Waals surface area contributed by atoms with Gasteiger partial charge in [0.25, 0.3) is 5.91 Å². The molecule has 0 bridgehead atoms. The fourth-order valence-electron chi connectivity index (χ4n) is 4.26. The van der Waals surface area contributed by atoms with Gasteiger partial charge in [0.2, 0.25) is 5.91 Å². The van der Waals surface area contributed by atoms with E-state index in [0.717, 1.165) is 42.4 Å². The molecule has 2 amide bonds. The molecule has 33 heavy (non-hydrogen) atoms. The summed E-state index contributed by atoms with van der Waals surface area (Å²) in [6.45, 7) is 5.63. The number of ether oxygens (including phenoxy) is 1. The molecule has 2 aromatic carbocycles. The molecule has 0 spiro atoms. The topological polar surface area (TPSA) is 63.0 Å². The second-order valence-electron chi connectivity index (χ2n) is 8.74. The zero-order chi connectivity index (χ0) is 23.2. The van der Waals surface area contributed by atoms with Crippen molar-refractivity contribution in [2.45, 2.75) is 51.8 Å². The van der Waals surface area contributed by atoms with Crippen LogP contribution >= 0.6 is 0 Å². The Labute approximate surface area is 195 Å².